The topological polar surface area (TPSA) is 73.9 Å². The van der Waals surface area contributed by atoms with Gasteiger partial charge >= 0.3 is 5.97 Å². The highest BCUT2D eigenvalue weighted by Crippen LogP contribution is 2.29. The van der Waals surface area contributed by atoms with Crippen LogP contribution in [0.4, 0.5) is 5.69 Å². The summed E-state index contributed by atoms with van der Waals surface area (Å²) < 4.78 is 16.3. The van der Waals surface area contributed by atoms with Crippen LogP contribution < -0.4 is 14.8 Å². The maximum atomic E-state index is 12.3. The van der Waals surface area contributed by atoms with Crippen molar-refractivity contribution in [2.75, 3.05) is 25.1 Å². The molecule has 0 saturated heterocycles. The molecule has 1 N–H and O–H groups in total. The van der Waals surface area contributed by atoms with Crippen molar-refractivity contribution in [2.45, 2.75) is 34.1 Å². The summed E-state index contributed by atoms with van der Waals surface area (Å²) >= 11 is 0. The van der Waals surface area contributed by atoms with Crippen molar-refractivity contribution in [2.24, 2.45) is 0 Å². The molecule has 0 fully saturated rings. The average molecular weight is 385 g/mol. The molecule has 6 nitrogen and oxygen atoms in total. The zero-order chi connectivity index (χ0) is 20.5. The molecule has 0 aliphatic heterocycles. The second kappa shape index (κ2) is 10.3. The van der Waals surface area contributed by atoms with E-state index >= 15 is 0 Å². The fourth-order valence-electron chi connectivity index (χ4n) is 2.47. The number of ether oxygens (including phenoxy) is 3. The first-order valence-corrected chi connectivity index (χ1v) is 9.38. The Hall–Kier alpha value is -3.02. The van der Waals surface area contributed by atoms with Crippen LogP contribution in [-0.4, -0.2) is 31.7 Å². The highest BCUT2D eigenvalue weighted by Gasteiger charge is 2.14. The van der Waals surface area contributed by atoms with Gasteiger partial charge in [0.15, 0.2) is 18.1 Å². The first kappa shape index (κ1) is 21.3. The Labute approximate surface area is 165 Å². The second-order valence-electron chi connectivity index (χ2n) is 6.37. The molecule has 2 aromatic carbocycles. The highest BCUT2D eigenvalue weighted by atomic mass is 16.5. The van der Waals surface area contributed by atoms with Crippen LogP contribution in [0, 0.1) is 13.8 Å². The summed E-state index contributed by atoms with van der Waals surface area (Å²) in [6.07, 6.45) is 0.866. The molecule has 0 radical (unpaired) electrons. The van der Waals surface area contributed by atoms with Gasteiger partial charge in [-0.2, -0.15) is 0 Å². The third kappa shape index (κ3) is 6.01. The van der Waals surface area contributed by atoms with Crippen LogP contribution in [0.15, 0.2) is 36.4 Å². The first-order valence-electron chi connectivity index (χ1n) is 9.38. The summed E-state index contributed by atoms with van der Waals surface area (Å²) in [5, 5.41) is 2.72. The lowest BCUT2D eigenvalue weighted by Gasteiger charge is -2.13. The monoisotopic (exact) mass is 385 g/mol. The van der Waals surface area contributed by atoms with Crippen molar-refractivity contribution >= 4 is 17.6 Å². The summed E-state index contributed by atoms with van der Waals surface area (Å²) in [5.41, 5.74) is 3.18. The van der Waals surface area contributed by atoms with E-state index in [1.807, 2.05) is 45.9 Å². The molecule has 0 heterocycles. The largest absolute Gasteiger partial charge is 0.490 e. The Morgan fingerprint density at radius 2 is 1.71 bits per heavy atom. The number of hydrogen-bond donors (Lipinski definition) is 1. The van der Waals surface area contributed by atoms with Crippen molar-refractivity contribution in [3.8, 4) is 11.5 Å². The Morgan fingerprint density at radius 3 is 2.39 bits per heavy atom. The number of carbonyl (C=O) groups is 2. The summed E-state index contributed by atoms with van der Waals surface area (Å²) in [6, 6.07) is 10.4. The fraction of sp³-hybridized carbons (Fsp3) is 0.364. The zero-order valence-corrected chi connectivity index (χ0v) is 16.8. The van der Waals surface area contributed by atoms with Crippen LogP contribution in [0.2, 0.25) is 0 Å². The Bertz CT molecular complexity index is 832. The number of benzene rings is 2. The van der Waals surface area contributed by atoms with E-state index in [4.69, 9.17) is 14.2 Å². The van der Waals surface area contributed by atoms with E-state index in [1.54, 1.807) is 18.2 Å². The van der Waals surface area contributed by atoms with E-state index in [1.165, 1.54) is 0 Å². The third-order valence-corrected chi connectivity index (χ3v) is 4.07. The van der Waals surface area contributed by atoms with Crippen molar-refractivity contribution < 1.29 is 23.8 Å². The van der Waals surface area contributed by atoms with Crippen LogP contribution >= 0.6 is 0 Å². The highest BCUT2D eigenvalue weighted by molar-refractivity contribution is 5.95. The molecular formula is C22H27NO5. The van der Waals surface area contributed by atoms with Gasteiger partial charge in [-0.05, 0) is 68.7 Å². The molecule has 0 atom stereocenters. The minimum atomic E-state index is -0.599. The van der Waals surface area contributed by atoms with E-state index < -0.39 is 11.9 Å². The number of esters is 1. The Kier molecular flexibility index (Phi) is 7.87. The molecule has 0 aliphatic carbocycles. The van der Waals surface area contributed by atoms with Crippen LogP contribution in [0.3, 0.4) is 0 Å². The molecule has 2 rings (SSSR count). The van der Waals surface area contributed by atoms with Gasteiger partial charge in [0.25, 0.3) is 5.91 Å². The van der Waals surface area contributed by atoms with Gasteiger partial charge in [0.05, 0.1) is 18.8 Å². The number of anilines is 1. The fourth-order valence-corrected chi connectivity index (χ4v) is 2.47. The molecule has 150 valence electrons. The maximum Gasteiger partial charge on any atom is 0.338 e. The summed E-state index contributed by atoms with van der Waals surface area (Å²) in [6.45, 7) is 8.46. The molecule has 0 spiro atoms. The molecule has 6 heteroatoms. The van der Waals surface area contributed by atoms with Gasteiger partial charge in [-0.25, -0.2) is 4.79 Å². The number of hydrogen-bond acceptors (Lipinski definition) is 5. The van der Waals surface area contributed by atoms with Crippen molar-refractivity contribution in [3.05, 3.63) is 53.1 Å². The lowest BCUT2D eigenvalue weighted by atomic mass is 10.1. The van der Waals surface area contributed by atoms with Gasteiger partial charge in [0, 0.05) is 5.69 Å². The van der Waals surface area contributed by atoms with Crippen LogP contribution in [0.5, 0.6) is 11.5 Å². The maximum absolute atomic E-state index is 12.3. The normalized spacial score (nSPS) is 10.3. The minimum absolute atomic E-state index is 0.297. The first-order chi connectivity index (χ1) is 13.4. The van der Waals surface area contributed by atoms with Crippen molar-refractivity contribution in [1.29, 1.82) is 0 Å². The van der Waals surface area contributed by atoms with Gasteiger partial charge in [-0.1, -0.05) is 13.0 Å². The predicted molar refractivity (Wildman–Crippen MR) is 108 cm³/mol. The van der Waals surface area contributed by atoms with E-state index in [9.17, 15) is 9.59 Å². The summed E-state index contributed by atoms with van der Waals surface area (Å²) in [4.78, 5) is 24.3. The zero-order valence-electron chi connectivity index (χ0n) is 16.8. The SMILES string of the molecule is CCCOc1ccc(C(=O)OCC(=O)Nc2ccc(C)c(C)c2)cc1OCC. The molecule has 1 amide bonds. The van der Waals surface area contributed by atoms with Gasteiger partial charge in [-0.15, -0.1) is 0 Å². The van der Waals surface area contributed by atoms with Gasteiger partial charge in [0.2, 0.25) is 0 Å². The average Bonchev–Trinajstić information content (AvgIpc) is 2.68. The molecule has 0 aromatic heterocycles. The molecule has 0 saturated carbocycles. The van der Waals surface area contributed by atoms with E-state index in [0.717, 1.165) is 17.5 Å². The standard InChI is InChI=1S/C22H27NO5/c1-5-11-27-19-10-8-17(13-20(19)26-6-2)22(25)28-14-21(24)23-18-9-7-15(3)16(4)12-18/h7-10,12-13H,5-6,11,14H2,1-4H3,(H,23,24). The van der Waals surface area contributed by atoms with Gasteiger partial charge in [-0.3, -0.25) is 4.79 Å². The molecule has 0 unspecified atom stereocenters. The number of aryl methyl sites for hydroxylation is 2. The third-order valence-electron chi connectivity index (χ3n) is 4.07. The van der Waals surface area contributed by atoms with E-state index in [2.05, 4.69) is 5.32 Å². The van der Waals surface area contributed by atoms with Crippen LogP contribution in [0.1, 0.15) is 41.8 Å². The summed E-state index contributed by atoms with van der Waals surface area (Å²) in [5.74, 6) is 0.0560. The molecule has 28 heavy (non-hydrogen) atoms. The number of nitrogens with one attached hydrogen (secondary N) is 1. The Morgan fingerprint density at radius 1 is 0.929 bits per heavy atom. The van der Waals surface area contributed by atoms with Crippen molar-refractivity contribution in [1.82, 2.24) is 0 Å². The quantitative estimate of drug-likeness (QED) is 0.652. The minimum Gasteiger partial charge on any atom is -0.490 e. The molecular weight excluding hydrogens is 358 g/mol. The van der Waals surface area contributed by atoms with Crippen LogP contribution in [0.25, 0.3) is 0 Å². The lowest BCUT2D eigenvalue weighted by Crippen LogP contribution is -2.21. The second-order valence-corrected chi connectivity index (χ2v) is 6.37. The molecule has 0 bridgehead atoms. The molecule has 2 aromatic rings. The molecule has 0 aliphatic rings. The number of rotatable bonds is 9. The smallest absolute Gasteiger partial charge is 0.338 e. The van der Waals surface area contributed by atoms with E-state index in [0.29, 0.717) is 36.0 Å². The number of carbonyl (C=O) groups excluding carboxylic acids is 2. The van der Waals surface area contributed by atoms with Crippen LogP contribution in [-0.2, 0) is 9.53 Å². The lowest BCUT2D eigenvalue weighted by molar-refractivity contribution is -0.119. The Balaban J connectivity index is 1.96. The van der Waals surface area contributed by atoms with Crippen molar-refractivity contribution in [3.63, 3.8) is 0 Å². The van der Waals surface area contributed by atoms with E-state index in [-0.39, 0.29) is 6.61 Å². The van der Waals surface area contributed by atoms with Gasteiger partial charge in [0.1, 0.15) is 0 Å². The van der Waals surface area contributed by atoms with Gasteiger partial charge < -0.3 is 19.5 Å². The number of amides is 1. The predicted octanol–water partition coefficient (Wildman–Crippen LogP) is 4.29. The summed E-state index contributed by atoms with van der Waals surface area (Å²) in [7, 11) is 0.